The number of H-pyrrole nitrogens is 1. The van der Waals surface area contributed by atoms with Crippen LogP contribution in [-0.2, 0) is 11.3 Å². The quantitative estimate of drug-likeness (QED) is 0.868. The SMILES string of the molecule is CCC(C(=O)NCc1ncc[nH]1)c1ccc(F)cc1. The molecule has 0 saturated carbocycles. The van der Waals surface area contributed by atoms with E-state index in [9.17, 15) is 9.18 Å². The molecule has 1 unspecified atom stereocenters. The van der Waals surface area contributed by atoms with Gasteiger partial charge in [0.05, 0.1) is 12.5 Å². The van der Waals surface area contributed by atoms with Crippen LogP contribution in [0.25, 0.3) is 0 Å². The number of aromatic nitrogens is 2. The number of carbonyl (C=O) groups is 1. The molecular formula is C14H16FN3O. The smallest absolute Gasteiger partial charge is 0.227 e. The molecule has 1 amide bonds. The van der Waals surface area contributed by atoms with Crippen LogP contribution in [0.1, 0.15) is 30.7 Å². The van der Waals surface area contributed by atoms with Crippen molar-refractivity contribution in [2.24, 2.45) is 0 Å². The Morgan fingerprint density at radius 1 is 1.42 bits per heavy atom. The number of hydrogen-bond donors (Lipinski definition) is 2. The van der Waals surface area contributed by atoms with Crippen molar-refractivity contribution < 1.29 is 9.18 Å². The first-order chi connectivity index (χ1) is 9.20. The summed E-state index contributed by atoms with van der Waals surface area (Å²) in [5, 5.41) is 2.82. The highest BCUT2D eigenvalue weighted by molar-refractivity contribution is 5.83. The fourth-order valence-corrected chi connectivity index (χ4v) is 1.96. The molecule has 0 aliphatic rings. The lowest BCUT2D eigenvalue weighted by Gasteiger charge is -2.14. The minimum absolute atomic E-state index is 0.0782. The van der Waals surface area contributed by atoms with E-state index in [2.05, 4.69) is 15.3 Å². The van der Waals surface area contributed by atoms with Crippen LogP contribution in [0.2, 0.25) is 0 Å². The molecule has 19 heavy (non-hydrogen) atoms. The fraction of sp³-hybridized carbons (Fsp3) is 0.286. The standard InChI is InChI=1S/C14H16FN3O/c1-2-12(10-3-5-11(15)6-4-10)14(19)18-9-13-16-7-8-17-13/h3-8,12H,2,9H2,1H3,(H,16,17)(H,18,19). The lowest BCUT2D eigenvalue weighted by molar-refractivity contribution is -0.122. The van der Waals surface area contributed by atoms with Crippen LogP contribution in [0.15, 0.2) is 36.7 Å². The maximum absolute atomic E-state index is 12.9. The van der Waals surface area contributed by atoms with Crippen molar-refractivity contribution in [3.05, 3.63) is 53.9 Å². The highest BCUT2D eigenvalue weighted by atomic mass is 19.1. The third-order valence-electron chi connectivity index (χ3n) is 2.98. The van der Waals surface area contributed by atoms with Gasteiger partial charge in [0, 0.05) is 12.4 Å². The van der Waals surface area contributed by atoms with Crippen LogP contribution in [0, 0.1) is 5.82 Å². The third kappa shape index (κ3) is 3.40. The van der Waals surface area contributed by atoms with E-state index in [1.54, 1.807) is 24.5 Å². The molecule has 1 heterocycles. The molecule has 4 nitrogen and oxygen atoms in total. The summed E-state index contributed by atoms with van der Waals surface area (Å²) in [5.74, 6) is 0.0676. The minimum Gasteiger partial charge on any atom is -0.348 e. The number of nitrogens with zero attached hydrogens (tertiary/aromatic N) is 1. The highest BCUT2D eigenvalue weighted by Gasteiger charge is 2.18. The number of nitrogens with one attached hydrogen (secondary N) is 2. The van der Waals surface area contributed by atoms with Gasteiger partial charge in [-0.25, -0.2) is 9.37 Å². The van der Waals surface area contributed by atoms with Crippen LogP contribution in [0.5, 0.6) is 0 Å². The van der Waals surface area contributed by atoms with Crippen LogP contribution in [0.3, 0.4) is 0 Å². The Hall–Kier alpha value is -2.17. The summed E-state index contributed by atoms with van der Waals surface area (Å²) < 4.78 is 12.9. The molecule has 0 bridgehead atoms. The van der Waals surface area contributed by atoms with Crippen molar-refractivity contribution in [1.82, 2.24) is 15.3 Å². The van der Waals surface area contributed by atoms with Gasteiger partial charge in [-0.05, 0) is 24.1 Å². The molecule has 2 rings (SSSR count). The topological polar surface area (TPSA) is 57.8 Å². The fourth-order valence-electron chi connectivity index (χ4n) is 1.96. The number of amides is 1. The first-order valence-electron chi connectivity index (χ1n) is 6.22. The average Bonchev–Trinajstić information content (AvgIpc) is 2.92. The van der Waals surface area contributed by atoms with E-state index in [0.717, 1.165) is 5.56 Å². The van der Waals surface area contributed by atoms with Crippen molar-refractivity contribution in [3.8, 4) is 0 Å². The average molecular weight is 261 g/mol. The van der Waals surface area contributed by atoms with E-state index >= 15 is 0 Å². The maximum Gasteiger partial charge on any atom is 0.227 e. The molecule has 1 aromatic heterocycles. The first-order valence-corrected chi connectivity index (χ1v) is 6.22. The van der Waals surface area contributed by atoms with Crippen molar-refractivity contribution in [3.63, 3.8) is 0 Å². The van der Waals surface area contributed by atoms with Gasteiger partial charge in [-0.2, -0.15) is 0 Å². The summed E-state index contributed by atoms with van der Waals surface area (Å²) in [6.45, 7) is 2.30. The summed E-state index contributed by atoms with van der Waals surface area (Å²) in [6.07, 6.45) is 4.01. The van der Waals surface area contributed by atoms with Gasteiger partial charge in [0.25, 0.3) is 0 Å². The second-order valence-corrected chi connectivity index (χ2v) is 4.27. The van der Waals surface area contributed by atoms with Gasteiger partial charge >= 0.3 is 0 Å². The zero-order chi connectivity index (χ0) is 13.7. The van der Waals surface area contributed by atoms with Crippen LogP contribution in [-0.4, -0.2) is 15.9 Å². The summed E-state index contributed by atoms with van der Waals surface area (Å²) in [6, 6.07) is 6.04. The second-order valence-electron chi connectivity index (χ2n) is 4.27. The minimum atomic E-state index is -0.297. The number of benzene rings is 1. The van der Waals surface area contributed by atoms with Gasteiger partial charge in [0.2, 0.25) is 5.91 Å². The van der Waals surface area contributed by atoms with E-state index in [1.165, 1.54) is 12.1 Å². The predicted octanol–water partition coefficient (Wildman–Crippen LogP) is 2.36. The van der Waals surface area contributed by atoms with Gasteiger partial charge in [0.1, 0.15) is 11.6 Å². The highest BCUT2D eigenvalue weighted by Crippen LogP contribution is 2.20. The Labute approximate surface area is 111 Å². The van der Waals surface area contributed by atoms with E-state index in [1.807, 2.05) is 6.92 Å². The van der Waals surface area contributed by atoms with E-state index in [4.69, 9.17) is 0 Å². The largest absolute Gasteiger partial charge is 0.348 e. The summed E-state index contributed by atoms with van der Waals surface area (Å²) in [7, 11) is 0. The summed E-state index contributed by atoms with van der Waals surface area (Å²) in [5.41, 5.74) is 0.820. The van der Waals surface area contributed by atoms with Crippen molar-refractivity contribution in [2.75, 3.05) is 0 Å². The van der Waals surface area contributed by atoms with Crippen molar-refractivity contribution in [1.29, 1.82) is 0 Å². The third-order valence-corrected chi connectivity index (χ3v) is 2.98. The molecule has 0 fully saturated rings. The lowest BCUT2D eigenvalue weighted by atomic mass is 9.95. The van der Waals surface area contributed by atoms with Gasteiger partial charge < -0.3 is 10.3 Å². The van der Waals surface area contributed by atoms with Crippen molar-refractivity contribution in [2.45, 2.75) is 25.8 Å². The molecule has 1 atom stereocenters. The first kappa shape index (κ1) is 13.3. The Balaban J connectivity index is 2.00. The molecule has 0 aliphatic carbocycles. The Bertz CT molecular complexity index is 522. The normalized spacial score (nSPS) is 12.1. The van der Waals surface area contributed by atoms with E-state index in [-0.39, 0.29) is 17.6 Å². The molecule has 2 N–H and O–H groups in total. The van der Waals surface area contributed by atoms with Gasteiger partial charge in [-0.3, -0.25) is 4.79 Å². The van der Waals surface area contributed by atoms with Gasteiger partial charge in [-0.1, -0.05) is 19.1 Å². The summed E-state index contributed by atoms with van der Waals surface area (Å²) >= 11 is 0. The molecular weight excluding hydrogens is 245 g/mol. The van der Waals surface area contributed by atoms with E-state index < -0.39 is 0 Å². The molecule has 2 aromatic rings. The molecule has 0 aliphatic heterocycles. The zero-order valence-electron chi connectivity index (χ0n) is 10.7. The lowest BCUT2D eigenvalue weighted by Crippen LogP contribution is -2.29. The Kier molecular flexibility index (Phi) is 4.28. The molecule has 0 spiro atoms. The Morgan fingerprint density at radius 2 is 2.16 bits per heavy atom. The number of hydrogen-bond acceptors (Lipinski definition) is 2. The van der Waals surface area contributed by atoms with Gasteiger partial charge in [-0.15, -0.1) is 0 Å². The number of rotatable bonds is 5. The van der Waals surface area contributed by atoms with Crippen LogP contribution in [0.4, 0.5) is 4.39 Å². The maximum atomic E-state index is 12.9. The Morgan fingerprint density at radius 3 is 2.74 bits per heavy atom. The number of carbonyl (C=O) groups excluding carboxylic acids is 1. The van der Waals surface area contributed by atoms with Crippen molar-refractivity contribution >= 4 is 5.91 Å². The molecule has 100 valence electrons. The monoisotopic (exact) mass is 261 g/mol. The summed E-state index contributed by atoms with van der Waals surface area (Å²) in [4.78, 5) is 19.1. The predicted molar refractivity (Wildman–Crippen MR) is 69.9 cm³/mol. The van der Waals surface area contributed by atoms with Gasteiger partial charge in [0.15, 0.2) is 0 Å². The zero-order valence-corrected chi connectivity index (χ0v) is 10.7. The number of aromatic amines is 1. The second kappa shape index (κ2) is 6.13. The number of imidazole rings is 1. The molecule has 0 saturated heterocycles. The van der Waals surface area contributed by atoms with Crippen LogP contribution < -0.4 is 5.32 Å². The molecule has 0 radical (unpaired) electrons. The number of halogens is 1. The molecule has 5 heteroatoms. The molecule has 1 aromatic carbocycles. The van der Waals surface area contributed by atoms with Crippen LogP contribution >= 0.6 is 0 Å². The van der Waals surface area contributed by atoms with E-state index in [0.29, 0.717) is 18.8 Å².